The molecule has 5 nitrogen and oxygen atoms in total. The molecule has 3 rings (SSSR count). The quantitative estimate of drug-likeness (QED) is 0.466. The van der Waals surface area contributed by atoms with Crippen LogP contribution in [0.25, 0.3) is 0 Å². The fourth-order valence-electron chi connectivity index (χ4n) is 2.94. The predicted molar refractivity (Wildman–Crippen MR) is 75.4 cm³/mol. The van der Waals surface area contributed by atoms with Gasteiger partial charge in [-0.1, -0.05) is 0 Å². The largest absolute Gasteiger partial charge is 0.798 e. The fourth-order valence-corrected chi connectivity index (χ4v) is 2.94. The Morgan fingerprint density at radius 2 is 2.00 bits per heavy atom. The number of methoxy groups -OCH3 is 1. The summed E-state index contributed by atoms with van der Waals surface area (Å²) in [7, 11) is -2.40. The molecular weight excluding hydrogens is 352 g/mol. The number of carbonyl (C=O) groups excluding carboxylic acids is 2. The van der Waals surface area contributed by atoms with Crippen LogP contribution in [0, 0.1) is 17.6 Å². The van der Waals surface area contributed by atoms with Crippen molar-refractivity contribution in [3.8, 4) is 5.75 Å². The molecule has 0 saturated heterocycles. The lowest BCUT2D eigenvalue weighted by Crippen LogP contribution is -2.46. The Labute approximate surface area is 138 Å². The third-order valence-corrected chi connectivity index (χ3v) is 4.17. The van der Waals surface area contributed by atoms with Crippen LogP contribution in [0.15, 0.2) is 6.07 Å². The number of ketones is 1. The van der Waals surface area contributed by atoms with Gasteiger partial charge in [0, 0.05) is 18.5 Å². The summed E-state index contributed by atoms with van der Waals surface area (Å²) in [5.41, 5.74) is -0.644. The number of carbonyl (C=O) groups is 2. The first kappa shape index (κ1) is 17.5. The zero-order valence-electron chi connectivity index (χ0n) is 12.8. The van der Waals surface area contributed by atoms with Crippen LogP contribution in [0.1, 0.15) is 16.8 Å². The summed E-state index contributed by atoms with van der Waals surface area (Å²) in [4.78, 5) is 25.4. The minimum atomic E-state index is -3.44. The highest BCUT2D eigenvalue weighted by molar-refractivity contribution is 6.38. The van der Waals surface area contributed by atoms with Crippen LogP contribution in [-0.4, -0.2) is 45.1 Å². The van der Waals surface area contributed by atoms with Crippen molar-refractivity contribution in [1.82, 2.24) is 0 Å². The Bertz CT molecular complexity index is 746. The summed E-state index contributed by atoms with van der Waals surface area (Å²) in [6, 6.07) is -0.257. The Balaban J connectivity index is 2.10. The van der Waals surface area contributed by atoms with E-state index in [1.807, 2.05) is 0 Å². The van der Waals surface area contributed by atoms with Gasteiger partial charge in [-0.05, 0) is 6.07 Å². The zero-order valence-corrected chi connectivity index (χ0v) is 12.8. The van der Waals surface area contributed by atoms with E-state index in [0.29, 0.717) is 6.07 Å². The van der Waals surface area contributed by atoms with E-state index in [0.717, 1.165) is 7.11 Å². The third-order valence-electron chi connectivity index (χ3n) is 4.17. The number of anilines is 1. The number of hydrogen-bond acceptors (Lipinski definition) is 5. The zero-order chi connectivity index (χ0) is 18.5. The molecular formula is C14H11BF5NO4. The molecule has 1 aliphatic heterocycles. The van der Waals surface area contributed by atoms with E-state index in [2.05, 4.69) is 4.65 Å². The van der Waals surface area contributed by atoms with E-state index in [1.54, 1.807) is 0 Å². The van der Waals surface area contributed by atoms with Gasteiger partial charge in [-0.15, -0.1) is 0 Å². The fraction of sp³-hybridized carbons (Fsp3) is 0.429. The van der Waals surface area contributed by atoms with Crippen molar-refractivity contribution < 1.29 is 40.8 Å². The summed E-state index contributed by atoms with van der Waals surface area (Å²) in [6.45, 7) is -0.496. The minimum Gasteiger partial charge on any atom is -0.491 e. The van der Waals surface area contributed by atoms with Crippen molar-refractivity contribution in [3.63, 3.8) is 0 Å². The highest BCUT2D eigenvalue weighted by Gasteiger charge is 2.50. The lowest BCUT2D eigenvalue weighted by Gasteiger charge is -2.35. The average molecular weight is 363 g/mol. The molecule has 25 heavy (non-hydrogen) atoms. The molecule has 0 amide bonds. The number of rotatable bonds is 4. The number of Topliss-reactive ketones (excluding diaryl/α,β-unsaturated/α-hetero) is 1. The van der Waals surface area contributed by atoms with E-state index < -0.39 is 66.8 Å². The summed E-state index contributed by atoms with van der Waals surface area (Å²) in [6.07, 6.45) is -1.28. The normalized spacial score (nSPS) is 24.6. The van der Waals surface area contributed by atoms with Gasteiger partial charge in [0.25, 0.3) is 0 Å². The maximum atomic E-state index is 14.0. The molecule has 1 fully saturated rings. The first-order chi connectivity index (χ1) is 11.8. The van der Waals surface area contributed by atoms with Gasteiger partial charge in [0.05, 0.1) is 18.8 Å². The molecule has 1 aromatic carbocycles. The smallest absolute Gasteiger partial charge is 0.491 e. The van der Waals surface area contributed by atoms with E-state index in [1.165, 1.54) is 4.90 Å². The molecule has 0 spiro atoms. The number of benzene rings is 1. The molecule has 1 unspecified atom stereocenters. The monoisotopic (exact) mass is 363 g/mol. The molecule has 2 aliphatic rings. The average Bonchev–Trinajstić information content (AvgIpc) is 3.25. The molecule has 1 heterocycles. The standard InChI is InChI=1S/C14H11BF5NO4/c1-24-13-10(18)8(17)2-5-11(13)21(9-3-7(9)16)4-6(12(5)22)14(23)25-15(19)20/h2,6-7,9H,3-4H2,1H3/t6?,7-,9+/m0/s1. The van der Waals surface area contributed by atoms with Crippen molar-refractivity contribution in [3.05, 3.63) is 23.3 Å². The molecule has 0 N–H and O–H groups in total. The number of hydrogen-bond donors (Lipinski definition) is 0. The van der Waals surface area contributed by atoms with E-state index in [9.17, 15) is 31.4 Å². The van der Waals surface area contributed by atoms with Gasteiger partial charge in [0.1, 0.15) is 12.1 Å². The Kier molecular flexibility index (Phi) is 4.34. The molecule has 0 aromatic heterocycles. The van der Waals surface area contributed by atoms with Crippen LogP contribution < -0.4 is 9.64 Å². The second-order valence-electron chi connectivity index (χ2n) is 5.69. The lowest BCUT2D eigenvalue weighted by molar-refractivity contribution is -0.138. The predicted octanol–water partition coefficient (Wildman–Crippen LogP) is 2.17. The highest BCUT2D eigenvalue weighted by Crippen LogP contribution is 2.46. The van der Waals surface area contributed by atoms with Crippen LogP contribution in [0.2, 0.25) is 0 Å². The van der Waals surface area contributed by atoms with Crippen LogP contribution in [0.3, 0.4) is 0 Å². The van der Waals surface area contributed by atoms with E-state index in [-0.39, 0.29) is 12.1 Å². The van der Waals surface area contributed by atoms with Crippen molar-refractivity contribution in [1.29, 1.82) is 0 Å². The SMILES string of the molecule is COc1c(F)c(F)cc2c1N([C@@H]1C[C@@H]1F)CC(C(=O)OB(F)F)C2=O. The van der Waals surface area contributed by atoms with Crippen molar-refractivity contribution >= 4 is 24.9 Å². The van der Waals surface area contributed by atoms with Crippen LogP contribution >= 0.6 is 0 Å². The lowest BCUT2D eigenvalue weighted by atomic mass is 9.89. The van der Waals surface area contributed by atoms with Crippen LogP contribution in [-0.2, 0) is 9.45 Å². The molecule has 0 bridgehead atoms. The van der Waals surface area contributed by atoms with Crippen molar-refractivity contribution in [2.75, 3.05) is 18.6 Å². The van der Waals surface area contributed by atoms with Gasteiger partial charge >= 0.3 is 13.4 Å². The summed E-state index contributed by atoms with van der Waals surface area (Å²) >= 11 is 0. The topological polar surface area (TPSA) is 55.8 Å². The molecule has 1 aliphatic carbocycles. The first-order valence-electron chi connectivity index (χ1n) is 7.25. The number of alkyl halides is 1. The summed E-state index contributed by atoms with van der Waals surface area (Å²) in [5, 5.41) is 0. The Hall–Kier alpha value is -2.33. The molecule has 1 saturated carbocycles. The number of fused-ring (bicyclic) bond motifs is 1. The van der Waals surface area contributed by atoms with Crippen LogP contribution in [0.5, 0.6) is 5.75 Å². The minimum absolute atomic E-state index is 0.0341. The number of nitrogens with zero attached hydrogens (tertiary/aromatic N) is 1. The molecule has 134 valence electrons. The van der Waals surface area contributed by atoms with Gasteiger partial charge in [-0.3, -0.25) is 9.59 Å². The van der Waals surface area contributed by atoms with E-state index >= 15 is 0 Å². The van der Waals surface area contributed by atoms with Crippen LogP contribution in [0.4, 0.5) is 27.5 Å². The molecule has 11 heteroatoms. The Morgan fingerprint density at radius 3 is 2.52 bits per heavy atom. The van der Waals surface area contributed by atoms with Gasteiger partial charge < -0.3 is 14.3 Å². The summed E-state index contributed by atoms with van der Waals surface area (Å²) in [5.74, 6) is -7.64. The van der Waals surface area contributed by atoms with Gasteiger partial charge in [0.15, 0.2) is 17.3 Å². The number of ether oxygens (including phenoxy) is 1. The summed E-state index contributed by atoms with van der Waals surface area (Å²) < 4.78 is 74.4. The maximum Gasteiger partial charge on any atom is 0.798 e. The van der Waals surface area contributed by atoms with Gasteiger partial charge in [-0.25, -0.2) is 17.4 Å². The van der Waals surface area contributed by atoms with Crippen molar-refractivity contribution in [2.45, 2.75) is 18.6 Å². The molecule has 0 radical (unpaired) electrons. The maximum absolute atomic E-state index is 14.0. The Morgan fingerprint density at radius 1 is 1.36 bits per heavy atom. The second-order valence-corrected chi connectivity index (χ2v) is 5.69. The van der Waals surface area contributed by atoms with Gasteiger partial charge in [-0.2, -0.15) is 4.39 Å². The second kappa shape index (κ2) is 6.19. The van der Waals surface area contributed by atoms with Crippen molar-refractivity contribution in [2.24, 2.45) is 5.92 Å². The third kappa shape index (κ3) is 2.91. The molecule has 3 atom stereocenters. The number of halogens is 5. The van der Waals surface area contributed by atoms with Gasteiger partial charge in [0.2, 0.25) is 5.82 Å². The first-order valence-corrected chi connectivity index (χ1v) is 7.25. The highest BCUT2D eigenvalue weighted by atomic mass is 19.2. The van der Waals surface area contributed by atoms with E-state index in [4.69, 9.17) is 4.74 Å². The molecule has 1 aromatic rings.